The number of carbonyl (C=O) groups is 1. The Morgan fingerprint density at radius 3 is 2.87 bits per heavy atom. The molecule has 0 saturated carbocycles. The van der Waals surface area contributed by atoms with E-state index in [-0.39, 0.29) is 11.9 Å². The first-order valence-corrected chi connectivity index (χ1v) is 5.11. The Bertz CT molecular complexity index is 336. The number of hydrogen-bond acceptors (Lipinski definition) is 3. The molecule has 1 aromatic heterocycles. The molecule has 0 radical (unpaired) electrons. The lowest BCUT2D eigenvalue weighted by Gasteiger charge is -2.08. The van der Waals surface area contributed by atoms with Crippen LogP contribution in [0.1, 0.15) is 35.7 Å². The first-order valence-electron chi connectivity index (χ1n) is 5.11. The van der Waals surface area contributed by atoms with Gasteiger partial charge in [-0.2, -0.15) is 0 Å². The Balaban J connectivity index is 2.54. The minimum Gasteiger partial charge on any atom is -0.382 e. The van der Waals surface area contributed by atoms with Crippen LogP contribution in [0.5, 0.6) is 0 Å². The van der Waals surface area contributed by atoms with Crippen LogP contribution < -0.4 is 0 Å². The van der Waals surface area contributed by atoms with Crippen LogP contribution in [0.15, 0.2) is 18.5 Å². The maximum atomic E-state index is 11.7. The van der Waals surface area contributed by atoms with Crippen molar-refractivity contribution in [1.82, 2.24) is 4.98 Å². The van der Waals surface area contributed by atoms with Gasteiger partial charge in [-0.1, -0.05) is 0 Å². The average molecular weight is 207 g/mol. The van der Waals surface area contributed by atoms with Gasteiger partial charge in [-0.15, -0.1) is 0 Å². The number of aryl methyl sites for hydroxylation is 1. The fourth-order valence-corrected chi connectivity index (χ4v) is 1.30. The van der Waals surface area contributed by atoms with Crippen LogP contribution in [0.4, 0.5) is 0 Å². The standard InChI is InChI=1S/C12H17NO2/c1-9-6-11(8-13-7-9)12(14)5-4-10(2)15-3/h6-8,10H,4-5H2,1-3H3. The average Bonchev–Trinajstić information content (AvgIpc) is 2.25. The van der Waals surface area contributed by atoms with Crippen LogP contribution in [-0.2, 0) is 4.74 Å². The summed E-state index contributed by atoms with van der Waals surface area (Å²) in [4.78, 5) is 15.7. The summed E-state index contributed by atoms with van der Waals surface area (Å²) in [6.45, 7) is 3.89. The number of ether oxygens (including phenoxy) is 1. The Labute approximate surface area is 90.5 Å². The summed E-state index contributed by atoms with van der Waals surface area (Å²) >= 11 is 0. The van der Waals surface area contributed by atoms with E-state index in [1.807, 2.05) is 19.9 Å². The van der Waals surface area contributed by atoms with Crippen LogP contribution in [0, 0.1) is 6.92 Å². The highest BCUT2D eigenvalue weighted by atomic mass is 16.5. The fraction of sp³-hybridized carbons (Fsp3) is 0.500. The second kappa shape index (κ2) is 5.61. The predicted octanol–water partition coefficient (Wildman–Crippen LogP) is 2.39. The number of carbonyl (C=O) groups excluding carboxylic acids is 1. The summed E-state index contributed by atoms with van der Waals surface area (Å²) in [5.41, 5.74) is 1.71. The minimum atomic E-state index is 0.131. The number of methoxy groups -OCH3 is 1. The van der Waals surface area contributed by atoms with Crippen molar-refractivity contribution >= 4 is 5.78 Å². The summed E-state index contributed by atoms with van der Waals surface area (Å²) in [6, 6.07) is 1.87. The van der Waals surface area contributed by atoms with Gasteiger partial charge in [-0.05, 0) is 31.9 Å². The highest BCUT2D eigenvalue weighted by Crippen LogP contribution is 2.08. The SMILES string of the molecule is COC(C)CCC(=O)c1cncc(C)c1. The quantitative estimate of drug-likeness (QED) is 0.696. The molecule has 82 valence electrons. The summed E-state index contributed by atoms with van der Waals surface area (Å²) in [7, 11) is 1.66. The maximum absolute atomic E-state index is 11.7. The van der Waals surface area contributed by atoms with Crippen molar-refractivity contribution in [2.45, 2.75) is 32.8 Å². The zero-order valence-electron chi connectivity index (χ0n) is 9.49. The maximum Gasteiger partial charge on any atom is 0.164 e. The van der Waals surface area contributed by atoms with Gasteiger partial charge in [0, 0.05) is 31.5 Å². The third-order valence-electron chi connectivity index (χ3n) is 2.38. The van der Waals surface area contributed by atoms with Crippen LogP contribution in [-0.4, -0.2) is 24.0 Å². The van der Waals surface area contributed by atoms with Crippen molar-refractivity contribution in [3.63, 3.8) is 0 Å². The van der Waals surface area contributed by atoms with Gasteiger partial charge in [-0.3, -0.25) is 9.78 Å². The van der Waals surface area contributed by atoms with Crippen LogP contribution >= 0.6 is 0 Å². The molecule has 15 heavy (non-hydrogen) atoms. The number of pyridine rings is 1. The van der Waals surface area contributed by atoms with Gasteiger partial charge in [0.25, 0.3) is 0 Å². The first-order chi connectivity index (χ1) is 7.13. The highest BCUT2D eigenvalue weighted by molar-refractivity contribution is 5.95. The molecule has 3 heteroatoms. The lowest BCUT2D eigenvalue weighted by molar-refractivity contribution is 0.0877. The summed E-state index contributed by atoms with van der Waals surface area (Å²) in [5.74, 6) is 0.134. The highest BCUT2D eigenvalue weighted by Gasteiger charge is 2.08. The second-order valence-corrected chi connectivity index (χ2v) is 3.76. The van der Waals surface area contributed by atoms with Crippen LogP contribution in [0.3, 0.4) is 0 Å². The first kappa shape index (κ1) is 11.9. The van der Waals surface area contributed by atoms with Crippen LogP contribution in [0.25, 0.3) is 0 Å². The molecular formula is C12H17NO2. The van der Waals surface area contributed by atoms with Gasteiger partial charge in [0.1, 0.15) is 0 Å². The molecule has 0 spiro atoms. The van der Waals surface area contributed by atoms with E-state index in [0.29, 0.717) is 12.0 Å². The molecule has 0 aliphatic carbocycles. The Kier molecular flexibility index (Phi) is 4.43. The van der Waals surface area contributed by atoms with Gasteiger partial charge in [0.15, 0.2) is 5.78 Å². The zero-order chi connectivity index (χ0) is 11.3. The van der Waals surface area contributed by atoms with E-state index in [1.54, 1.807) is 19.5 Å². The molecule has 1 heterocycles. The van der Waals surface area contributed by atoms with Gasteiger partial charge in [-0.25, -0.2) is 0 Å². The molecule has 0 aliphatic rings. The number of aromatic nitrogens is 1. The predicted molar refractivity (Wildman–Crippen MR) is 59.0 cm³/mol. The number of Topliss-reactive ketones (excluding diaryl/α,β-unsaturated/α-hetero) is 1. The molecule has 1 rings (SSSR count). The summed E-state index contributed by atoms with van der Waals surface area (Å²) in [5, 5.41) is 0. The molecule has 0 N–H and O–H groups in total. The number of nitrogens with zero attached hydrogens (tertiary/aromatic N) is 1. The van der Waals surface area contributed by atoms with E-state index in [9.17, 15) is 4.79 Å². The van der Waals surface area contributed by atoms with E-state index >= 15 is 0 Å². The molecule has 0 saturated heterocycles. The molecule has 0 fully saturated rings. The smallest absolute Gasteiger partial charge is 0.164 e. The second-order valence-electron chi connectivity index (χ2n) is 3.76. The fourth-order valence-electron chi connectivity index (χ4n) is 1.30. The lowest BCUT2D eigenvalue weighted by atomic mass is 10.1. The van der Waals surface area contributed by atoms with E-state index in [4.69, 9.17) is 4.74 Å². The Morgan fingerprint density at radius 1 is 1.53 bits per heavy atom. The van der Waals surface area contributed by atoms with Crippen molar-refractivity contribution in [1.29, 1.82) is 0 Å². The van der Waals surface area contributed by atoms with E-state index < -0.39 is 0 Å². The molecule has 1 aromatic rings. The largest absolute Gasteiger partial charge is 0.382 e. The molecule has 1 atom stereocenters. The third kappa shape index (κ3) is 3.80. The minimum absolute atomic E-state index is 0.131. The molecule has 0 aliphatic heterocycles. The molecule has 3 nitrogen and oxygen atoms in total. The molecule has 0 aromatic carbocycles. The third-order valence-corrected chi connectivity index (χ3v) is 2.38. The molecule has 0 amide bonds. The number of hydrogen-bond donors (Lipinski definition) is 0. The lowest BCUT2D eigenvalue weighted by Crippen LogP contribution is -2.09. The summed E-state index contributed by atoms with van der Waals surface area (Å²) in [6.07, 6.45) is 4.76. The molecule has 1 unspecified atom stereocenters. The molecular weight excluding hydrogens is 190 g/mol. The van der Waals surface area contributed by atoms with E-state index in [0.717, 1.165) is 12.0 Å². The van der Waals surface area contributed by atoms with Crippen molar-refractivity contribution < 1.29 is 9.53 Å². The number of ketones is 1. The van der Waals surface area contributed by atoms with Crippen molar-refractivity contribution in [2.24, 2.45) is 0 Å². The monoisotopic (exact) mass is 207 g/mol. The molecule has 0 bridgehead atoms. The van der Waals surface area contributed by atoms with E-state index in [2.05, 4.69) is 4.98 Å². The van der Waals surface area contributed by atoms with Gasteiger partial charge in [0.2, 0.25) is 0 Å². The van der Waals surface area contributed by atoms with Gasteiger partial charge in [0.05, 0.1) is 6.10 Å². The van der Waals surface area contributed by atoms with Crippen molar-refractivity contribution in [2.75, 3.05) is 7.11 Å². The van der Waals surface area contributed by atoms with Crippen LogP contribution in [0.2, 0.25) is 0 Å². The van der Waals surface area contributed by atoms with Gasteiger partial charge < -0.3 is 4.74 Å². The topological polar surface area (TPSA) is 39.2 Å². The summed E-state index contributed by atoms with van der Waals surface area (Å²) < 4.78 is 5.09. The number of rotatable bonds is 5. The zero-order valence-corrected chi connectivity index (χ0v) is 9.49. The van der Waals surface area contributed by atoms with Crippen molar-refractivity contribution in [3.05, 3.63) is 29.6 Å². The Morgan fingerprint density at radius 2 is 2.27 bits per heavy atom. The van der Waals surface area contributed by atoms with E-state index in [1.165, 1.54) is 0 Å². The Hall–Kier alpha value is -1.22. The normalized spacial score (nSPS) is 12.5. The van der Waals surface area contributed by atoms with Crippen molar-refractivity contribution in [3.8, 4) is 0 Å². The van der Waals surface area contributed by atoms with Gasteiger partial charge >= 0.3 is 0 Å².